The van der Waals surface area contributed by atoms with Crippen molar-refractivity contribution in [3.05, 3.63) is 58.8 Å². The number of rotatable bonds is 9. The molecule has 0 unspecified atom stereocenters. The molecule has 0 aliphatic rings. The van der Waals surface area contributed by atoms with E-state index in [4.69, 9.17) is 4.74 Å². The molecule has 0 aromatic heterocycles. The van der Waals surface area contributed by atoms with Gasteiger partial charge < -0.3 is 9.64 Å². The Bertz CT molecular complexity index is 889. The summed E-state index contributed by atoms with van der Waals surface area (Å²) in [6, 6.07) is 11.9. The van der Waals surface area contributed by atoms with Gasteiger partial charge in [0, 0.05) is 25.1 Å². The standard InChI is InChI=1S/C19H22BrFN2O4S/c1-22(12-3-13-27-17-8-6-16(21)7-9-17)19(24)14-23(2)28(25,26)18-10-4-15(20)5-11-18/h4-11H,3,12-14H2,1-2H3. The Balaban J connectivity index is 1.80. The molecule has 28 heavy (non-hydrogen) atoms. The second kappa shape index (κ2) is 9.99. The van der Waals surface area contributed by atoms with Crippen LogP contribution in [0.5, 0.6) is 5.75 Å². The number of halogens is 2. The zero-order valence-electron chi connectivity index (χ0n) is 15.6. The lowest BCUT2D eigenvalue weighted by Crippen LogP contribution is -2.39. The van der Waals surface area contributed by atoms with Crippen LogP contribution in [0.3, 0.4) is 0 Å². The van der Waals surface area contributed by atoms with E-state index >= 15 is 0 Å². The normalized spacial score (nSPS) is 11.5. The molecule has 1 amide bonds. The molecule has 9 heteroatoms. The Morgan fingerprint density at radius 3 is 2.29 bits per heavy atom. The van der Waals surface area contributed by atoms with E-state index in [-0.39, 0.29) is 23.2 Å². The molecule has 2 rings (SSSR count). The number of sulfonamides is 1. The second-order valence-corrected chi connectivity index (χ2v) is 9.15. The summed E-state index contributed by atoms with van der Waals surface area (Å²) < 4.78 is 45.2. The van der Waals surface area contributed by atoms with Gasteiger partial charge in [-0.25, -0.2) is 12.8 Å². The lowest BCUT2D eigenvalue weighted by molar-refractivity contribution is -0.130. The molecule has 6 nitrogen and oxygen atoms in total. The van der Waals surface area contributed by atoms with Gasteiger partial charge in [-0.2, -0.15) is 4.31 Å². The number of carbonyl (C=O) groups excluding carboxylic acids is 1. The van der Waals surface area contributed by atoms with Gasteiger partial charge in [0.15, 0.2) is 0 Å². The summed E-state index contributed by atoms with van der Waals surface area (Å²) in [6.45, 7) is 0.510. The summed E-state index contributed by atoms with van der Waals surface area (Å²) in [5, 5.41) is 0. The monoisotopic (exact) mass is 472 g/mol. The average molecular weight is 473 g/mol. The first-order valence-electron chi connectivity index (χ1n) is 8.54. The maximum atomic E-state index is 12.8. The molecule has 0 atom stereocenters. The highest BCUT2D eigenvalue weighted by Gasteiger charge is 2.24. The van der Waals surface area contributed by atoms with E-state index in [1.54, 1.807) is 19.2 Å². The quantitative estimate of drug-likeness (QED) is 0.525. The summed E-state index contributed by atoms with van der Waals surface area (Å²) in [6.07, 6.45) is 0.558. The van der Waals surface area contributed by atoms with E-state index in [0.29, 0.717) is 25.3 Å². The summed E-state index contributed by atoms with van der Waals surface area (Å²) in [7, 11) is -0.752. The topological polar surface area (TPSA) is 66.9 Å². The lowest BCUT2D eigenvalue weighted by atomic mass is 10.3. The van der Waals surface area contributed by atoms with Crippen molar-refractivity contribution in [2.24, 2.45) is 0 Å². The molecule has 0 fully saturated rings. The minimum absolute atomic E-state index is 0.126. The maximum Gasteiger partial charge on any atom is 0.243 e. The van der Waals surface area contributed by atoms with Crippen LogP contribution in [0.25, 0.3) is 0 Å². The summed E-state index contributed by atoms with van der Waals surface area (Å²) in [5.41, 5.74) is 0. The molecule has 0 radical (unpaired) electrons. The molecule has 0 spiro atoms. The molecule has 152 valence electrons. The Kier molecular flexibility index (Phi) is 7.97. The number of hydrogen-bond acceptors (Lipinski definition) is 4. The van der Waals surface area contributed by atoms with Crippen LogP contribution in [0.4, 0.5) is 4.39 Å². The van der Waals surface area contributed by atoms with Gasteiger partial charge in [0.1, 0.15) is 11.6 Å². The Morgan fingerprint density at radius 1 is 1.07 bits per heavy atom. The predicted molar refractivity (Wildman–Crippen MR) is 108 cm³/mol. The smallest absolute Gasteiger partial charge is 0.243 e. The number of hydrogen-bond donors (Lipinski definition) is 0. The van der Waals surface area contributed by atoms with Gasteiger partial charge in [-0.05, 0) is 55.0 Å². The van der Waals surface area contributed by atoms with E-state index in [2.05, 4.69) is 15.9 Å². The third-order valence-corrected chi connectivity index (χ3v) is 6.37. The molecule has 0 heterocycles. The van der Waals surface area contributed by atoms with Gasteiger partial charge in [0.25, 0.3) is 0 Å². The van der Waals surface area contributed by atoms with E-state index in [0.717, 1.165) is 8.78 Å². The maximum absolute atomic E-state index is 12.8. The van der Waals surface area contributed by atoms with Gasteiger partial charge in [-0.15, -0.1) is 0 Å². The van der Waals surface area contributed by atoms with Gasteiger partial charge in [0.2, 0.25) is 15.9 Å². The molecule has 0 bridgehead atoms. The van der Waals surface area contributed by atoms with E-state index in [1.807, 2.05) is 0 Å². The lowest BCUT2D eigenvalue weighted by Gasteiger charge is -2.22. The van der Waals surface area contributed by atoms with Gasteiger partial charge >= 0.3 is 0 Å². The molecular weight excluding hydrogens is 451 g/mol. The van der Waals surface area contributed by atoms with Crippen molar-refractivity contribution >= 4 is 31.9 Å². The molecule has 0 aliphatic carbocycles. The summed E-state index contributed by atoms with van der Waals surface area (Å²) in [5.74, 6) is -0.0967. The van der Waals surface area contributed by atoms with Crippen LogP contribution in [0.2, 0.25) is 0 Å². The molecular formula is C19H22BrFN2O4S. The summed E-state index contributed by atoms with van der Waals surface area (Å²) >= 11 is 3.26. The van der Waals surface area contributed by atoms with Crippen molar-refractivity contribution < 1.29 is 22.3 Å². The van der Waals surface area contributed by atoms with Crippen LogP contribution < -0.4 is 4.74 Å². The number of ether oxygens (including phenoxy) is 1. The third kappa shape index (κ3) is 6.29. The van der Waals surface area contributed by atoms with E-state index < -0.39 is 10.0 Å². The first-order valence-corrected chi connectivity index (χ1v) is 10.8. The summed E-state index contributed by atoms with van der Waals surface area (Å²) in [4.78, 5) is 13.9. The Morgan fingerprint density at radius 2 is 1.68 bits per heavy atom. The number of benzene rings is 2. The molecule has 0 saturated heterocycles. The third-order valence-electron chi connectivity index (χ3n) is 4.03. The SMILES string of the molecule is CN(CCCOc1ccc(F)cc1)C(=O)CN(C)S(=O)(=O)c1ccc(Br)cc1. The molecule has 0 N–H and O–H groups in total. The molecule has 0 saturated carbocycles. The van der Waals surface area contributed by atoms with Gasteiger partial charge in [-0.3, -0.25) is 4.79 Å². The van der Waals surface area contributed by atoms with Gasteiger partial charge in [-0.1, -0.05) is 15.9 Å². The van der Waals surface area contributed by atoms with E-state index in [9.17, 15) is 17.6 Å². The first-order chi connectivity index (χ1) is 13.2. The zero-order chi connectivity index (χ0) is 20.7. The van der Waals surface area contributed by atoms with Gasteiger partial charge in [0.05, 0.1) is 18.0 Å². The van der Waals surface area contributed by atoms with Crippen molar-refractivity contribution in [2.75, 3.05) is 33.8 Å². The van der Waals surface area contributed by atoms with Crippen LogP contribution >= 0.6 is 15.9 Å². The van der Waals surface area contributed by atoms with Crippen LogP contribution in [0.15, 0.2) is 57.9 Å². The highest BCUT2D eigenvalue weighted by atomic mass is 79.9. The average Bonchev–Trinajstić information content (AvgIpc) is 2.66. The minimum Gasteiger partial charge on any atom is -0.494 e. The number of carbonyl (C=O) groups is 1. The van der Waals surface area contributed by atoms with Crippen molar-refractivity contribution in [2.45, 2.75) is 11.3 Å². The molecule has 0 aliphatic heterocycles. The van der Waals surface area contributed by atoms with Crippen LogP contribution in [0, 0.1) is 5.82 Å². The first kappa shape index (κ1) is 22.3. The highest BCUT2D eigenvalue weighted by molar-refractivity contribution is 9.10. The largest absolute Gasteiger partial charge is 0.494 e. The fourth-order valence-corrected chi connectivity index (χ4v) is 3.71. The number of amides is 1. The van der Waals surface area contributed by atoms with Crippen molar-refractivity contribution in [1.82, 2.24) is 9.21 Å². The fourth-order valence-electron chi connectivity index (χ4n) is 2.33. The number of nitrogens with zero attached hydrogens (tertiary/aromatic N) is 2. The second-order valence-electron chi connectivity index (χ2n) is 6.19. The van der Waals surface area contributed by atoms with Crippen LogP contribution in [-0.4, -0.2) is 57.3 Å². The molecule has 2 aromatic carbocycles. The zero-order valence-corrected chi connectivity index (χ0v) is 18.0. The minimum atomic E-state index is -3.74. The van der Waals surface area contributed by atoms with Crippen LogP contribution in [-0.2, 0) is 14.8 Å². The fraction of sp³-hybridized carbons (Fsp3) is 0.316. The predicted octanol–water partition coefficient (Wildman–Crippen LogP) is 3.14. The van der Waals surface area contributed by atoms with Crippen molar-refractivity contribution in [3.8, 4) is 5.75 Å². The van der Waals surface area contributed by atoms with Crippen molar-refractivity contribution in [3.63, 3.8) is 0 Å². The number of likely N-dealkylation sites (N-methyl/N-ethyl adjacent to an activating group) is 2. The van der Waals surface area contributed by atoms with Crippen molar-refractivity contribution in [1.29, 1.82) is 0 Å². The Hall–Kier alpha value is -1.97. The Labute approximate surface area is 173 Å². The molecule has 2 aromatic rings. The van der Waals surface area contributed by atoms with E-state index in [1.165, 1.54) is 48.3 Å². The van der Waals surface area contributed by atoms with Crippen LogP contribution in [0.1, 0.15) is 6.42 Å². The highest BCUT2D eigenvalue weighted by Crippen LogP contribution is 2.18.